The van der Waals surface area contributed by atoms with Crippen molar-refractivity contribution < 1.29 is 23.5 Å². The van der Waals surface area contributed by atoms with Gasteiger partial charge in [-0.1, -0.05) is 6.07 Å². The summed E-state index contributed by atoms with van der Waals surface area (Å²) in [7, 11) is 1.46. The summed E-state index contributed by atoms with van der Waals surface area (Å²) in [6.07, 6.45) is -0.0393. The second-order valence-corrected chi connectivity index (χ2v) is 7.20. The molecule has 0 spiro atoms. The van der Waals surface area contributed by atoms with Crippen LogP contribution in [0.3, 0.4) is 0 Å². The maximum atomic E-state index is 14.3. The fourth-order valence-electron chi connectivity index (χ4n) is 3.62. The zero-order valence-corrected chi connectivity index (χ0v) is 16.9. The lowest BCUT2D eigenvalue weighted by molar-refractivity contribution is -0.122. The van der Waals surface area contributed by atoms with Gasteiger partial charge in [-0.15, -0.1) is 0 Å². The third-order valence-corrected chi connectivity index (χ3v) is 5.05. The lowest BCUT2D eigenvalue weighted by atomic mass is 10.1. The maximum absolute atomic E-state index is 14.3. The Morgan fingerprint density at radius 1 is 1.26 bits per heavy atom. The largest absolute Gasteiger partial charge is 0.495 e. The van der Waals surface area contributed by atoms with Crippen LogP contribution in [0, 0.1) is 11.7 Å². The number of anilines is 3. The van der Waals surface area contributed by atoms with Crippen LogP contribution in [0.4, 0.5) is 21.6 Å². The van der Waals surface area contributed by atoms with E-state index in [1.807, 2.05) is 0 Å². The second kappa shape index (κ2) is 8.05. The summed E-state index contributed by atoms with van der Waals surface area (Å²) in [5.74, 6) is -1.56. The molecule has 1 atom stereocenters. The number of halogens is 1. The molecule has 3 aromatic rings. The highest BCUT2D eigenvalue weighted by molar-refractivity contribution is 6.07. The molecule has 0 bridgehead atoms. The minimum atomic E-state index is -0.667. The Bertz CT molecular complexity index is 1190. The summed E-state index contributed by atoms with van der Waals surface area (Å²) in [6, 6.07) is 9.33. The Balaban J connectivity index is 1.54. The van der Waals surface area contributed by atoms with Gasteiger partial charge in [0.2, 0.25) is 17.7 Å². The average molecular weight is 425 g/mol. The molecular weight excluding hydrogens is 405 g/mol. The fraction of sp³-hybridized carbons (Fsp3) is 0.238. The molecule has 0 saturated carbocycles. The van der Waals surface area contributed by atoms with Crippen molar-refractivity contribution in [3.05, 3.63) is 42.2 Å². The van der Waals surface area contributed by atoms with Crippen LogP contribution in [-0.4, -0.2) is 41.6 Å². The molecule has 1 aromatic heterocycles. The molecule has 2 aromatic carbocycles. The van der Waals surface area contributed by atoms with Crippen LogP contribution in [-0.2, 0) is 14.4 Å². The van der Waals surface area contributed by atoms with Crippen LogP contribution in [0.25, 0.3) is 10.9 Å². The Morgan fingerprint density at radius 3 is 2.81 bits per heavy atom. The van der Waals surface area contributed by atoms with E-state index >= 15 is 0 Å². The fourth-order valence-corrected chi connectivity index (χ4v) is 3.62. The van der Waals surface area contributed by atoms with Gasteiger partial charge in [0.25, 0.3) is 0 Å². The number of carbonyl (C=O) groups excluding carboxylic acids is 3. The zero-order valence-electron chi connectivity index (χ0n) is 16.9. The number of H-pyrrole nitrogens is 1. The van der Waals surface area contributed by atoms with E-state index in [0.29, 0.717) is 22.6 Å². The number of nitrogens with one attached hydrogen (secondary N) is 3. The predicted molar refractivity (Wildman–Crippen MR) is 112 cm³/mol. The number of ether oxygens (including phenoxy) is 1. The maximum Gasteiger partial charge on any atom is 0.229 e. The number of rotatable bonds is 5. The molecule has 0 unspecified atom stereocenters. The van der Waals surface area contributed by atoms with Gasteiger partial charge in [0, 0.05) is 25.6 Å². The zero-order chi connectivity index (χ0) is 22.1. The van der Waals surface area contributed by atoms with Gasteiger partial charge in [-0.3, -0.25) is 24.4 Å². The van der Waals surface area contributed by atoms with Crippen LogP contribution >= 0.6 is 0 Å². The van der Waals surface area contributed by atoms with E-state index in [4.69, 9.17) is 4.74 Å². The minimum absolute atomic E-state index is 0.0393. The van der Waals surface area contributed by atoms with Crippen molar-refractivity contribution in [1.82, 2.24) is 10.2 Å². The van der Waals surface area contributed by atoms with E-state index in [1.165, 1.54) is 25.0 Å². The molecule has 4 rings (SSSR count). The predicted octanol–water partition coefficient (Wildman–Crippen LogP) is 2.66. The monoisotopic (exact) mass is 425 g/mol. The molecule has 1 aliphatic rings. The van der Waals surface area contributed by atoms with Gasteiger partial charge < -0.3 is 15.4 Å². The second-order valence-electron chi connectivity index (χ2n) is 7.20. The van der Waals surface area contributed by atoms with Crippen molar-refractivity contribution in [3.63, 3.8) is 0 Å². The van der Waals surface area contributed by atoms with E-state index in [2.05, 4.69) is 20.8 Å². The Labute approximate surface area is 176 Å². The summed E-state index contributed by atoms with van der Waals surface area (Å²) >= 11 is 0. The standard InChI is InChI=1S/C21H20FN5O4/c1-11(28)23-13-6-7-17(31-2)16(9-13)24-21(30)12-8-18(29)27(10-12)20-19-14(22)4-3-5-15(19)25-26-20/h3-7,9,12H,8,10H2,1-2H3,(H,23,28)(H,24,30)(H,25,26)/t12-/m1/s1. The summed E-state index contributed by atoms with van der Waals surface area (Å²) in [5.41, 5.74) is 1.32. The molecule has 9 nitrogen and oxygen atoms in total. The number of benzene rings is 2. The molecule has 1 aliphatic heterocycles. The van der Waals surface area contributed by atoms with Crippen LogP contribution in [0.15, 0.2) is 36.4 Å². The van der Waals surface area contributed by atoms with Crippen molar-refractivity contribution in [2.24, 2.45) is 5.92 Å². The lowest BCUT2D eigenvalue weighted by Gasteiger charge is -2.16. The van der Waals surface area contributed by atoms with Gasteiger partial charge in [0.15, 0.2) is 5.82 Å². The molecule has 31 heavy (non-hydrogen) atoms. The number of hydrogen-bond donors (Lipinski definition) is 3. The third-order valence-electron chi connectivity index (χ3n) is 5.05. The topological polar surface area (TPSA) is 116 Å². The van der Waals surface area contributed by atoms with Crippen LogP contribution in [0.1, 0.15) is 13.3 Å². The van der Waals surface area contributed by atoms with Crippen LogP contribution in [0.5, 0.6) is 5.75 Å². The number of hydrogen-bond acceptors (Lipinski definition) is 5. The molecular formula is C21H20FN5O4. The molecule has 1 fully saturated rings. The Morgan fingerprint density at radius 2 is 2.06 bits per heavy atom. The summed E-state index contributed by atoms with van der Waals surface area (Å²) in [6.45, 7) is 1.44. The Kier molecular flexibility index (Phi) is 5.28. The van der Waals surface area contributed by atoms with Crippen molar-refractivity contribution in [1.29, 1.82) is 0 Å². The summed E-state index contributed by atoms with van der Waals surface area (Å²) in [5, 5.41) is 12.4. The van der Waals surface area contributed by atoms with Crippen LogP contribution in [0.2, 0.25) is 0 Å². The number of fused-ring (bicyclic) bond motifs is 1. The van der Waals surface area contributed by atoms with Crippen molar-refractivity contribution >= 4 is 45.8 Å². The minimum Gasteiger partial charge on any atom is -0.495 e. The number of amides is 3. The van der Waals surface area contributed by atoms with E-state index in [9.17, 15) is 18.8 Å². The molecule has 160 valence electrons. The highest BCUT2D eigenvalue weighted by Gasteiger charge is 2.37. The number of carbonyl (C=O) groups is 3. The smallest absolute Gasteiger partial charge is 0.229 e. The quantitative estimate of drug-likeness (QED) is 0.581. The highest BCUT2D eigenvalue weighted by Crippen LogP contribution is 2.33. The summed E-state index contributed by atoms with van der Waals surface area (Å²) < 4.78 is 19.6. The van der Waals surface area contributed by atoms with E-state index in [1.54, 1.807) is 30.3 Å². The van der Waals surface area contributed by atoms with Crippen LogP contribution < -0.4 is 20.3 Å². The average Bonchev–Trinajstić information content (AvgIpc) is 3.32. The van der Waals surface area contributed by atoms with Gasteiger partial charge in [0.1, 0.15) is 11.6 Å². The van der Waals surface area contributed by atoms with E-state index in [0.717, 1.165) is 0 Å². The van der Waals surface area contributed by atoms with Gasteiger partial charge in [-0.25, -0.2) is 4.39 Å². The Hall–Kier alpha value is -3.95. The summed E-state index contributed by atoms with van der Waals surface area (Å²) in [4.78, 5) is 38.1. The number of aromatic amines is 1. The SMILES string of the molecule is COc1ccc(NC(C)=O)cc1NC(=O)[C@@H]1CC(=O)N(c2n[nH]c3cccc(F)c23)C1. The normalized spacial score (nSPS) is 15.9. The lowest BCUT2D eigenvalue weighted by Crippen LogP contribution is -2.28. The first-order chi connectivity index (χ1) is 14.9. The van der Waals surface area contributed by atoms with Gasteiger partial charge in [0.05, 0.1) is 29.6 Å². The molecule has 10 heteroatoms. The first kappa shape index (κ1) is 20.3. The number of methoxy groups -OCH3 is 1. The molecule has 0 aliphatic carbocycles. The van der Waals surface area contributed by atoms with E-state index < -0.39 is 17.6 Å². The highest BCUT2D eigenvalue weighted by atomic mass is 19.1. The number of nitrogens with zero attached hydrogens (tertiary/aromatic N) is 2. The molecule has 0 radical (unpaired) electrons. The van der Waals surface area contributed by atoms with Gasteiger partial charge in [-0.05, 0) is 30.3 Å². The number of aromatic nitrogens is 2. The molecule has 3 amide bonds. The van der Waals surface area contributed by atoms with Gasteiger partial charge >= 0.3 is 0 Å². The van der Waals surface area contributed by atoms with Crippen molar-refractivity contribution in [3.8, 4) is 5.75 Å². The first-order valence-corrected chi connectivity index (χ1v) is 9.57. The molecule has 3 N–H and O–H groups in total. The van der Waals surface area contributed by atoms with Gasteiger partial charge in [-0.2, -0.15) is 5.10 Å². The van der Waals surface area contributed by atoms with E-state index in [-0.39, 0.29) is 36.0 Å². The van der Waals surface area contributed by atoms with Crippen molar-refractivity contribution in [2.45, 2.75) is 13.3 Å². The molecule has 1 saturated heterocycles. The first-order valence-electron chi connectivity index (χ1n) is 9.57. The van der Waals surface area contributed by atoms with Crippen molar-refractivity contribution in [2.75, 3.05) is 29.2 Å². The third kappa shape index (κ3) is 3.91. The molecule has 2 heterocycles.